The normalized spacial score (nSPS) is 20.7. The summed E-state index contributed by atoms with van der Waals surface area (Å²) in [5.74, 6) is 0.196. The first-order chi connectivity index (χ1) is 11.7. The Labute approximate surface area is 144 Å². The molecule has 0 spiro atoms. The van der Waals surface area contributed by atoms with E-state index in [-0.39, 0.29) is 12.5 Å². The number of nitrogens with zero attached hydrogens (tertiary/aromatic N) is 1. The molecule has 0 aliphatic carbocycles. The molecule has 2 N–H and O–H groups in total. The van der Waals surface area contributed by atoms with Crippen molar-refractivity contribution in [3.8, 4) is 0 Å². The Morgan fingerprint density at radius 1 is 1.33 bits per heavy atom. The number of quaternary nitrogens is 1. The summed E-state index contributed by atoms with van der Waals surface area (Å²) < 4.78 is 5.95. The van der Waals surface area contributed by atoms with Crippen molar-refractivity contribution in [1.82, 2.24) is 10.3 Å². The van der Waals surface area contributed by atoms with E-state index in [1.54, 1.807) is 18.3 Å². The molecule has 128 valence electrons. The lowest BCUT2D eigenvalue weighted by Crippen LogP contribution is -3.14. The van der Waals surface area contributed by atoms with Crippen LogP contribution in [0.25, 0.3) is 10.2 Å². The van der Waals surface area contributed by atoms with Crippen LogP contribution in [0.1, 0.15) is 30.7 Å². The van der Waals surface area contributed by atoms with Gasteiger partial charge in [-0.2, -0.15) is 0 Å². The first-order valence-corrected chi connectivity index (χ1v) is 9.13. The van der Waals surface area contributed by atoms with Crippen LogP contribution < -0.4 is 10.2 Å². The van der Waals surface area contributed by atoms with Crippen molar-refractivity contribution in [2.45, 2.75) is 25.7 Å². The number of piperidine rings is 1. The first-order valence-electron chi connectivity index (χ1n) is 8.31. The zero-order valence-electron chi connectivity index (χ0n) is 13.7. The van der Waals surface area contributed by atoms with Crippen LogP contribution in [0.3, 0.4) is 0 Å². The molecule has 2 amide bonds. The van der Waals surface area contributed by atoms with Crippen molar-refractivity contribution in [1.29, 1.82) is 0 Å². The summed E-state index contributed by atoms with van der Waals surface area (Å²) in [5.41, 5.74) is 1.07. The number of thiazole rings is 1. The minimum absolute atomic E-state index is 0.263. The largest absolute Gasteiger partial charge is 0.450 e. The number of fused-ring (bicyclic) bond motifs is 1. The predicted octanol–water partition coefficient (Wildman–Crippen LogP) is 1.33. The Morgan fingerprint density at radius 2 is 2.08 bits per heavy atom. The number of hydrogen-bond donors (Lipinski definition) is 2. The molecule has 1 aliphatic rings. The minimum atomic E-state index is -0.661. The van der Waals surface area contributed by atoms with Gasteiger partial charge in [-0.05, 0) is 19.1 Å². The fourth-order valence-electron chi connectivity index (χ4n) is 3.07. The minimum Gasteiger partial charge on any atom is -0.450 e. The fourth-order valence-corrected chi connectivity index (χ4v) is 4.20. The molecule has 1 aliphatic heterocycles. The molecule has 1 aromatic heterocycles. The molecule has 0 saturated carbocycles. The number of ether oxygens (including phenoxy) is 1. The van der Waals surface area contributed by atoms with E-state index in [1.807, 2.05) is 12.1 Å². The third-order valence-electron chi connectivity index (χ3n) is 4.28. The van der Waals surface area contributed by atoms with Crippen LogP contribution in [0.15, 0.2) is 24.3 Å². The van der Waals surface area contributed by atoms with Crippen molar-refractivity contribution in [2.75, 3.05) is 26.2 Å². The summed E-state index contributed by atoms with van der Waals surface area (Å²) in [6.07, 6.45) is 1.37. The smallest absolute Gasteiger partial charge is 0.414 e. The molecule has 0 bridgehead atoms. The number of amides is 2. The zero-order chi connectivity index (χ0) is 16.9. The lowest BCUT2D eigenvalue weighted by atomic mass is 9.97. The number of rotatable bonds is 4. The number of aromatic nitrogens is 1. The van der Waals surface area contributed by atoms with Gasteiger partial charge < -0.3 is 9.64 Å². The topological polar surface area (TPSA) is 72.7 Å². The van der Waals surface area contributed by atoms with E-state index in [0.29, 0.717) is 12.5 Å². The number of likely N-dealkylation sites (tertiary alicyclic amines) is 1. The van der Waals surface area contributed by atoms with E-state index >= 15 is 0 Å². The van der Waals surface area contributed by atoms with Crippen LogP contribution >= 0.6 is 11.3 Å². The van der Waals surface area contributed by atoms with E-state index in [1.165, 1.54) is 14.6 Å². The molecule has 24 heavy (non-hydrogen) atoms. The third kappa shape index (κ3) is 4.10. The number of carbonyl (C=O) groups is 2. The van der Waals surface area contributed by atoms with E-state index in [0.717, 1.165) is 31.4 Å². The number of nitrogens with one attached hydrogen (secondary N) is 2. The number of alkyl carbamates (subject to hydrolysis) is 1. The number of para-hydroxylation sites is 1. The molecule has 1 saturated heterocycles. The van der Waals surface area contributed by atoms with Gasteiger partial charge in [-0.1, -0.05) is 12.1 Å². The molecule has 0 radical (unpaired) electrons. The van der Waals surface area contributed by atoms with E-state index in [9.17, 15) is 9.59 Å². The van der Waals surface area contributed by atoms with Gasteiger partial charge in [0, 0.05) is 18.8 Å². The highest BCUT2D eigenvalue weighted by Gasteiger charge is 2.27. The van der Waals surface area contributed by atoms with Crippen LogP contribution in [0.4, 0.5) is 4.79 Å². The van der Waals surface area contributed by atoms with Gasteiger partial charge >= 0.3 is 6.09 Å². The van der Waals surface area contributed by atoms with E-state index < -0.39 is 6.09 Å². The average Bonchev–Trinajstić information content (AvgIpc) is 2.99. The standard InChI is InChI=1S/C17H21N3O3S/c1-2-23-17(22)19-15(21)11-20-9-7-12(8-10-20)16-18-13-5-3-4-6-14(13)24-16/h3-6,12H,2,7-11H2,1H3,(H,19,21,22)/p+1. The molecule has 2 heterocycles. The molecule has 0 atom stereocenters. The van der Waals surface area contributed by atoms with Crippen LogP contribution in [-0.4, -0.2) is 43.2 Å². The quantitative estimate of drug-likeness (QED) is 0.874. The van der Waals surface area contributed by atoms with Gasteiger partial charge in [0.2, 0.25) is 0 Å². The number of carbonyl (C=O) groups excluding carboxylic acids is 2. The summed E-state index contributed by atoms with van der Waals surface area (Å²) >= 11 is 1.77. The Kier molecular flexibility index (Phi) is 5.42. The summed E-state index contributed by atoms with van der Waals surface area (Å²) in [6, 6.07) is 8.21. The Hall–Kier alpha value is -1.99. The zero-order valence-corrected chi connectivity index (χ0v) is 14.5. The predicted molar refractivity (Wildman–Crippen MR) is 92.3 cm³/mol. The van der Waals surface area contributed by atoms with Crippen LogP contribution in [-0.2, 0) is 9.53 Å². The molecule has 0 unspecified atom stereocenters. The highest BCUT2D eigenvalue weighted by Crippen LogP contribution is 2.31. The monoisotopic (exact) mass is 348 g/mol. The van der Waals surface area contributed by atoms with Crippen molar-refractivity contribution in [2.24, 2.45) is 0 Å². The van der Waals surface area contributed by atoms with E-state index in [4.69, 9.17) is 9.72 Å². The maximum atomic E-state index is 11.8. The van der Waals surface area contributed by atoms with Crippen LogP contribution in [0, 0.1) is 0 Å². The highest BCUT2D eigenvalue weighted by molar-refractivity contribution is 7.18. The molecule has 3 rings (SSSR count). The molecular formula is C17H22N3O3S+. The van der Waals surface area contributed by atoms with Crippen LogP contribution in [0.2, 0.25) is 0 Å². The van der Waals surface area contributed by atoms with Gasteiger partial charge in [0.25, 0.3) is 5.91 Å². The molecule has 1 fully saturated rings. The molecule has 2 aromatic rings. The van der Waals surface area contributed by atoms with Gasteiger partial charge in [-0.3, -0.25) is 10.1 Å². The molecule has 7 heteroatoms. The number of hydrogen-bond acceptors (Lipinski definition) is 5. The van der Waals surface area contributed by atoms with E-state index in [2.05, 4.69) is 17.4 Å². The number of benzene rings is 1. The highest BCUT2D eigenvalue weighted by atomic mass is 32.1. The molecule has 6 nitrogen and oxygen atoms in total. The first kappa shape index (κ1) is 16.9. The SMILES string of the molecule is CCOC(=O)NC(=O)C[NH+]1CCC(c2nc3ccccc3s2)CC1. The molecule has 1 aromatic carbocycles. The van der Waals surface area contributed by atoms with Crippen molar-refractivity contribution < 1.29 is 19.2 Å². The average molecular weight is 348 g/mol. The maximum Gasteiger partial charge on any atom is 0.414 e. The maximum absolute atomic E-state index is 11.8. The Balaban J connectivity index is 1.50. The number of imide groups is 1. The van der Waals surface area contributed by atoms with Gasteiger partial charge in [0.15, 0.2) is 6.54 Å². The summed E-state index contributed by atoms with van der Waals surface area (Å²) in [6.45, 7) is 4.11. The van der Waals surface area contributed by atoms with Crippen molar-refractivity contribution in [3.63, 3.8) is 0 Å². The lowest BCUT2D eigenvalue weighted by Gasteiger charge is -2.27. The van der Waals surface area contributed by atoms with Gasteiger partial charge in [0.05, 0.1) is 34.9 Å². The van der Waals surface area contributed by atoms with Gasteiger partial charge in [0.1, 0.15) is 0 Å². The Morgan fingerprint density at radius 3 is 2.79 bits per heavy atom. The second-order valence-corrected chi connectivity index (χ2v) is 7.05. The van der Waals surface area contributed by atoms with Crippen molar-refractivity contribution in [3.05, 3.63) is 29.3 Å². The second-order valence-electron chi connectivity index (χ2n) is 5.99. The van der Waals surface area contributed by atoms with Crippen LogP contribution in [0.5, 0.6) is 0 Å². The summed E-state index contributed by atoms with van der Waals surface area (Å²) in [7, 11) is 0. The van der Waals surface area contributed by atoms with Crippen molar-refractivity contribution >= 4 is 33.6 Å². The third-order valence-corrected chi connectivity index (χ3v) is 5.48. The summed E-state index contributed by atoms with van der Waals surface area (Å²) in [4.78, 5) is 29.0. The Bertz CT molecular complexity index is 690. The van der Waals surface area contributed by atoms with Gasteiger partial charge in [-0.15, -0.1) is 11.3 Å². The second kappa shape index (κ2) is 7.72. The van der Waals surface area contributed by atoms with Gasteiger partial charge in [-0.25, -0.2) is 9.78 Å². The fraction of sp³-hybridized carbons (Fsp3) is 0.471. The molecular weight excluding hydrogens is 326 g/mol. The lowest BCUT2D eigenvalue weighted by molar-refractivity contribution is -0.897. The summed E-state index contributed by atoms with van der Waals surface area (Å²) in [5, 5.41) is 3.46.